The highest BCUT2D eigenvalue weighted by atomic mass is 19.3. The van der Waals surface area contributed by atoms with Gasteiger partial charge in [-0.3, -0.25) is 9.59 Å². The van der Waals surface area contributed by atoms with E-state index < -0.39 is 12.5 Å². The molecule has 1 aliphatic heterocycles. The summed E-state index contributed by atoms with van der Waals surface area (Å²) in [5.41, 5.74) is 0.551. The van der Waals surface area contributed by atoms with Crippen molar-refractivity contribution in [3.63, 3.8) is 0 Å². The maximum atomic E-state index is 12.5. The Balaban J connectivity index is 1.56. The number of nitrogens with one attached hydrogen (secondary N) is 1. The first-order valence-corrected chi connectivity index (χ1v) is 8.21. The first-order chi connectivity index (χ1) is 12.5. The van der Waals surface area contributed by atoms with Crippen molar-refractivity contribution in [3.8, 4) is 5.75 Å². The zero-order chi connectivity index (χ0) is 18.5. The Morgan fingerprint density at radius 2 is 1.92 bits per heavy atom. The van der Waals surface area contributed by atoms with Crippen LogP contribution in [0.5, 0.6) is 5.75 Å². The number of halogens is 2. The van der Waals surface area contributed by atoms with E-state index in [9.17, 15) is 18.4 Å². The van der Waals surface area contributed by atoms with E-state index >= 15 is 0 Å². The summed E-state index contributed by atoms with van der Waals surface area (Å²) >= 11 is 0. The molecule has 1 fully saturated rings. The van der Waals surface area contributed by atoms with Crippen molar-refractivity contribution in [1.29, 1.82) is 0 Å². The molecular formula is C18H18F2N2O4. The summed E-state index contributed by atoms with van der Waals surface area (Å²) in [6.07, 6.45) is 4.00. The monoisotopic (exact) mass is 364 g/mol. The summed E-state index contributed by atoms with van der Waals surface area (Å²) in [4.78, 5) is 26.3. The van der Waals surface area contributed by atoms with Gasteiger partial charge in [-0.1, -0.05) is 12.1 Å². The van der Waals surface area contributed by atoms with Crippen LogP contribution in [0.2, 0.25) is 0 Å². The Morgan fingerprint density at radius 3 is 2.58 bits per heavy atom. The molecule has 1 saturated heterocycles. The fraction of sp³-hybridized carbons (Fsp3) is 0.333. The van der Waals surface area contributed by atoms with E-state index in [0.717, 1.165) is 0 Å². The van der Waals surface area contributed by atoms with Crippen LogP contribution in [0, 0.1) is 0 Å². The molecule has 138 valence electrons. The maximum absolute atomic E-state index is 12.5. The van der Waals surface area contributed by atoms with Crippen molar-refractivity contribution in [2.45, 2.75) is 25.5 Å². The first-order valence-electron chi connectivity index (χ1n) is 8.21. The molecule has 0 saturated carbocycles. The Labute approximate surface area is 148 Å². The molecular weight excluding hydrogens is 346 g/mol. The van der Waals surface area contributed by atoms with E-state index in [4.69, 9.17) is 4.42 Å². The number of hydrogen-bond donors (Lipinski definition) is 1. The average Bonchev–Trinajstić information content (AvgIpc) is 3.16. The lowest BCUT2D eigenvalue weighted by Gasteiger charge is -2.32. The number of ether oxygens (including phenoxy) is 1. The number of amides is 2. The topological polar surface area (TPSA) is 71.8 Å². The molecule has 0 spiro atoms. The first kappa shape index (κ1) is 17.9. The van der Waals surface area contributed by atoms with Gasteiger partial charge in [-0.25, -0.2) is 0 Å². The molecule has 0 atom stereocenters. The highest BCUT2D eigenvalue weighted by Gasteiger charge is 2.26. The minimum atomic E-state index is -3.00. The lowest BCUT2D eigenvalue weighted by molar-refractivity contribution is -0.0501. The SMILES string of the molecule is O=C(NC1CCN(C(=O)c2ccoc2)CC1)c1ccccc1OC(F)F. The van der Waals surface area contributed by atoms with Crippen LogP contribution in [0.4, 0.5) is 8.78 Å². The van der Waals surface area contributed by atoms with Gasteiger partial charge in [0.15, 0.2) is 0 Å². The van der Waals surface area contributed by atoms with Gasteiger partial charge in [0.25, 0.3) is 11.8 Å². The van der Waals surface area contributed by atoms with Crippen LogP contribution >= 0.6 is 0 Å². The number of carbonyl (C=O) groups is 2. The van der Waals surface area contributed by atoms with Crippen molar-refractivity contribution < 1.29 is 27.5 Å². The molecule has 0 bridgehead atoms. The van der Waals surface area contributed by atoms with Crippen molar-refractivity contribution in [2.75, 3.05) is 13.1 Å². The number of benzene rings is 1. The number of para-hydroxylation sites is 1. The summed E-state index contributed by atoms with van der Waals surface area (Å²) in [7, 11) is 0. The second-order valence-electron chi connectivity index (χ2n) is 5.93. The van der Waals surface area contributed by atoms with Gasteiger partial charge >= 0.3 is 6.61 Å². The molecule has 8 heteroatoms. The normalized spacial score (nSPS) is 15.1. The number of hydrogen-bond acceptors (Lipinski definition) is 4. The summed E-state index contributed by atoms with van der Waals surface area (Å²) in [6, 6.07) is 7.33. The summed E-state index contributed by atoms with van der Waals surface area (Å²) < 4.78 is 34.2. The van der Waals surface area contributed by atoms with Gasteiger partial charge in [-0.2, -0.15) is 8.78 Å². The Morgan fingerprint density at radius 1 is 1.19 bits per heavy atom. The molecule has 0 unspecified atom stereocenters. The second-order valence-corrected chi connectivity index (χ2v) is 5.93. The van der Waals surface area contributed by atoms with Gasteiger partial charge < -0.3 is 19.4 Å². The molecule has 2 heterocycles. The fourth-order valence-corrected chi connectivity index (χ4v) is 2.91. The summed E-state index contributed by atoms with van der Waals surface area (Å²) in [5.74, 6) is -0.743. The van der Waals surface area contributed by atoms with Crippen LogP contribution in [0.25, 0.3) is 0 Å². The van der Waals surface area contributed by atoms with Gasteiger partial charge in [0.05, 0.1) is 17.4 Å². The van der Waals surface area contributed by atoms with E-state index in [1.165, 1.54) is 30.7 Å². The van der Waals surface area contributed by atoms with E-state index in [1.54, 1.807) is 17.0 Å². The Hall–Kier alpha value is -2.90. The van der Waals surface area contributed by atoms with E-state index in [-0.39, 0.29) is 23.3 Å². The molecule has 2 aromatic rings. The van der Waals surface area contributed by atoms with Crippen molar-refractivity contribution >= 4 is 11.8 Å². The smallest absolute Gasteiger partial charge is 0.387 e. The largest absolute Gasteiger partial charge is 0.472 e. The third-order valence-electron chi connectivity index (χ3n) is 4.23. The molecule has 2 amide bonds. The molecule has 0 radical (unpaired) electrons. The third-order valence-corrected chi connectivity index (χ3v) is 4.23. The highest BCUT2D eigenvalue weighted by molar-refractivity contribution is 5.97. The molecule has 1 N–H and O–H groups in total. The average molecular weight is 364 g/mol. The van der Waals surface area contributed by atoms with Crippen LogP contribution in [0.1, 0.15) is 33.6 Å². The Kier molecular flexibility index (Phi) is 5.50. The van der Waals surface area contributed by atoms with Gasteiger partial charge in [0.1, 0.15) is 12.0 Å². The predicted molar refractivity (Wildman–Crippen MR) is 88.2 cm³/mol. The number of carbonyl (C=O) groups excluding carboxylic acids is 2. The van der Waals surface area contributed by atoms with Gasteiger partial charge in [0.2, 0.25) is 0 Å². The second kappa shape index (κ2) is 7.99. The molecule has 26 heavy (non-hydrogen) atoms. The number of alkyl halides is 2. The number of furan rings is 1. The predicted octanol–water partition coefficient (Wildman–Crippen LogP) is 2.92. The number of rotatable bonds is 5. The molecule has 3 rings (SSSR count). The maximum Gasteiger partial charge on any atom is 0.387 e. The Bertz CT molecular complexity index is 756. The van der Waals surface area contributed by atoms with Crippen LogP contribution in [-0.4, -0.2) is 42.5 Å². The fourth-order valence-electron chi connectivity index (χ4n) is 2.91. The van der Waals surface area contributed by atoms with Crippen LogP contribution in [-0.2, 0) is 0 Å². The van der Waals surface area contributed by atoms with Crippen LogP contribution < -0.4 is 10.1 Å². The van der Waals surface area contributed by atoms with Crippen molar-refractivity contribution in [3.05, 3.63) is 54.0 Å². The van der Waals surface area contributed by atoms with E-state index in [1.807, 2.05) is 0 Å². The zero-order valence-corrected chi connectivity index (χ0v) is 13.9. The molecule has 6 nitrogen and oxygen atoms in total. The lowest BCUT2D eigenvalue weighted by Crippen LogP contribution is -2.46. The van der Waals surface area contributed by atoms with E-state index in [2.05, 4.69) is 10.1 Å². The minimum absolute atomic E-state index is 0.0599. The molecule has 1 aliphatic rings. The van der Waals surface area contributed by atoms with E-state index in [0.29, 0.717) is 31.5 Å². The minimum Gasteiger partial charge on any atom is -0.472 e. The number of nitrogens with zero attached hydrogens (tertiary/aromatic N) is 1. The summed E-state index contributed by atoms with van der Waals surface area (Å²) in [5, 5.41) is 2.82. The van der Waals surface area contributed by atoms with Gasteiger partial charge in [-0.15, -0.1) is 0 Å². The third kappa shape index (κ3) is 4.19. The van der Waals surface area contributed by atoms with Gasteiger partial charge in [-0.05, 0) is 31.0 Å². The number of piperidine rings is 1. The quantitative estimate of drug-likeness (QED) is 0.886. The zero-order valence-electron chi connectivity index (χ0n) is 13.9. The molecule has 1 aromatic heterocycles. The highest BCUT2D eigenvalue weighted by Crippen LogP contribution is 2.21. The van der Waals surface area contributed by atoms with Crippen LogP contribution in [0.15, 0.2) is 47.3 Å². The van der Waals surface area contributed by atoms with Crippen LogP contribution in [0.3, 0.4) is 0 Å². The molecule has 1 aromatic carbocycles. The van der Waals surface area contributed by atoms with Gasteiger partial charge in [0, 0.05) is 19.1 Å². The molecule has 0 aliphatic carbocycles. The van der Waals surface area contributed by atoms with Crippen molar-refractivity contribution in [2.24, 2.45) is 0 Å². The van der Waals surface area contributed by atoms with Crippen molar-refractivity contribution in [1.82, 2.24) is 10.2 Å². The number of likely N-dealkylation sites (tertiary alicyclic amines) is 1. The lowest BCUT2D eigenvalue weighted by atomic mass is 10.0. The summed E-state index contributed by atoms with van der Waals surface area (Å²) in [6.45, 7) is -2.02. The standard InChI is InChI=1S/C18H18F2N2O4/c19-18(20)26-15-4-2-1-3-14(15)16(23)21-13-5-8-22(9-6-13)17(24)12-7-10-25-11-12/h1-4,7,10-11,13,18H,5-6,8-9H2,(H,21,23).